The maximum atomic E-state index is 13.0. The van der Waals surface area contributed by atoms with Gasteiger partial charge in [0.1, 0.15) is 16.9 Å². The van der Waals surface area contributed by atoms with E-state index in [0.717, 1.165) is 29.1 Å². The number of para-hydroxylation sites is 1. The maximum absolute atomic E-state index is 13.0. The van der Waals surface area contributed by atoms with E-state index < -0.39 is 17.2 Å². The zero-order valence-corrected chi connectivity index (χ0v) is 18.8. The highest BCUT2D eigenvalue weighted by Crippen LogP contribution is 2.35. The summed E-state index contributed by atoms with van der Waals surface area (Å²) in [5.41, 5.74) is -0.689. The van der Waals surface area contributed by atoms with Gasteiger partial charge in [-0.2, -0.15) is 0 Å². The molecule has 1 atom stereocenters. The first kappa shape index (κ1) is 22.1. The quantitative estimate of drug-likeness (QED) is 0.716. The second-order valence-corrected chi connectivity index (χ2v) is 9.45. The summed E-state index contributed by atoms with van der Waals surface area (Å²) < 4.78 is 6.47. The van der Waals surface area contributed by atoms with Crippen molar-refractivity contribution < 1.29 is 23.9 Å². The van der Waals surface area contributed by atoms with Crippen molar-refractivity contribution in [1.82, 2.24) is 20.0 Å². The molecular weight excluding hydrogens is 412 g/mol. The molecule has 0 aliphatic carbocycles. The molecule has 5 amide bonds. The minimum atomic E-state index is -0.951. The number of hydrogen-bond acceptors (Lipinski definition) is 5. The molecule has 1 spiro atoms. The second kappa shape index (κ2) is 8.11. The van der Waals surface area contributed by atoms with Crippen LogP contribution in [0.25, 0.3) is 0 Å². The van der Waals surface area contributed by atoms with Crippen molar-refractivity contribution >= 4 is 23.8 Å². The summed E-state index contributed by atoms with van der Waals surface area (Å²) in [6.45, 7) is 6.70. The number of carbonyl (C=O) groups excluding carboxylic acids is 4. The molecular formula is C23H30N4O5. The minimum Gasteiger partial charge on any atom is -0.483 e. The van der Waals surface area contributed by atoms with Crippen LogP contribution in [0.1, 0.15) is 45.6 Å². The first-order valence-electron chi connectivity index (χ1n) is 11.0. The monoisotopic (exact) mass is 442 g/mol. The number of carbonyl (C=O) groups is 4. The summed E-state index contributed by atoms with van der Waals surface area (Å²) in [4.78, 5) is 54.4. The van der Waals surface area contributed by atoms with Gasteiger partial charge in [0.05, 0.1) is 13.1 Å². The first-order valence-corrected chi connectivity index (χ1v) is 11.0. The van der Waals surface area contributed by atoms with Gasteiger partial charge in [-0.3, -0.25) is 19.3 Å². The van der Waals surface area contributed by atoms with Crippen molar-refractivity contribution in [3.05, 3.63) is 29.8 Å². The third kappa shape index (κ3) is 4.16. The highest BCUT2D eigenvalue weighted by Gasteiger charge is 2.45. The van der Waals surface area contributed by atoms with E-state index in [2.05, 4.69) is 5.32 Å². The Bertz CT molecular complexity index is 961. The lowest BCUT2D eigenvalue weighted by atomic mass is 9.91. The van der Waals surface area contributed by atoms with Gasteiger partial charge in [0.15, 0.2) is 0 Å². The number of piperidine rings is 1. The van der Waals surface area contributed by atoms with Gasteiger partial charge < -0.3 is 19.9 Å². The van der Waals surface area contributed by atoms with Crippen LogP contribution in [0.2, 0.25) is 0 Å². The molecule has 1 aromatic carbocycles. The number of rotatable bonds is 3. The minimum absolute atomic E-state index is 0.0331. The van der Waals surface area contributed by atoms with Gasteiger partial charge >= 0.3 is 6.03 Å². The average molecular weight is 443 g/mol. The molecule has 1 unspecified atom stereocenters. The lowest BCUT2D eigenvalue weighted by Gasteiger charge is -2.43. The number of likely N-dealkylation sites (tertiary alicyclic amines) is 1. The molecule has 3 aliphatic heterocycles. The van der Waals surface area contributed by atoms with Gasteiger partial charge in [-0.15, -0.1) is 0 Å². The van der Waals surface area contributed by atoms with E-state index in [9.17, 15) is 19.2 Å². The van der Waals surface area contributed by atoms with E-state index in [4.69, 9.17) is 4.74 Å². The van der Waals surface area contributed by atoms with Crippen LogP contribution in [0.3, 0.4) is 0 Å². The van der Waals surface area contributed by atoms with Crippen molar-refractivity contribution in [3.63, 3.8) is 0 Å². The summed E-state index contributed by atoms with van der Waals surface area (Å²) in [6, 6.07) is 7.22. The molecule has 2 fully saturated rings. The van der Waals surface area contributed by atoms with E-state index in [1.54, 1.807) is 30.6 Å². The van der Waals surface area contributed by atoms with Crippen LogP contribution < -0.4 is 10.1 Å². The van der Waals surface area contributed by atoms with E-state index in [0.29, 0.717) is 26.2 Å². The molecule has 1 N–H and O–H groups in total. The van der Waals surface area contributed by atoms with Crippen LogP contribution in [0.5, 0.6) is 5.75 Å². The lowest BCUT2D eigenvalue weighted by Crippen LogP contribution is -2.58. The van der Waals surface area contributed by atoms with Gasteiger partial charge in [0, 0.05) is 38.5 Å². The molecule has 0 bridgehead atoms. The molecule has 172 valence electrons. The van der Waals surface area contributed by atoms with Crippen LogP contribution >= 0.6 is 0 Å². The van der Waals surface area contributed by atoms with E-state index in [-0.39, 0.29) is 30.7 Å². The molecule has 0 aromatic heterocycles. The normalized spacial score (nSPS) is 24.7. The zero-order valence-electron chi connectivity index (χ0n) is 18.8. The fourth-order valence-electron chi connectivity index (χ4n) is 4.74. The van der Waals surface area contributed by atoms with Gasteiger partial charge in [0.25, 0.3) is 5.91 Å². The Balaban J connectivity index is 1.47. The number of benzene rings is 1. The molecule has 32 heavy (non-hydrogen) atoms. The number of nitrogens with one attached hydrogen (secondary N) is 1. The largest absolute Gasteiger partial charge is 0.483 e. The topological polar surface area (TPSA) is 99.3 Å². The van der Waals surface area contributed by atoms with Gasteiger partial charge in [-0.25, -0.2) is 4.79 Å². The number of imide groups is 1. The number of ether oxygens (including phenoxy) is 1. The number of urea groups is 1. The molecule has 2 saturated heterocycles. The third-order valence-corrected chi connectivity index (χ3v) is 6.47. The molecule has 3 heterocycles. The van der Waals surface area contributed by atoms with Crippen molar-refractivity contribution in [2.75, 3.05) is 26.2 Å². The third-order valence-electron chi connectivity index (χ3n) is 6.47. The molecule has 3 aliphatic rings. The van der Waals surface area contributed by atoms with Crippen LogP contribution in [0, 0.1) is 0 Å². The Labute approximate surface area is 187 Å². The summed E-state index contributed by atoms with van der Waals surface area (Å²) in [5.74, 6) is 0.248. The van der Waals surface area contributed by atoms with Crippen molar-refractivity contribution in [2.24, 2.45) is 0 Å². The summed E-state index contributed by atoms with van der Waals surface area (Å²) in [7, 11) is 0. The number of fused-ring (bicyclic) bond motifs is 1. The molecule has 0 saturated carbocycles. The summed E-state index contributed by atoms with van der Waals surface area (Å²) in [5, 5.41) is 2.63. The van der Waals surface area contributed by atoms with Crippen LogP contribution in [0.4, 0.5) is 4.79 Å². The van der Waals surface area contributed by atoms with E-state index in [1.165, 1.54) is 0 Å². The molecule has 9 heteroatoms. The standard InChI is InChI=1S/C23H30N4O5/c1-16(28)26-13-17-7-4-5-8-18(17)32-23(15-26)10-6-11-25(14-23)19(29)9-12-27-20(30)22(2,3)24-21(27)31/h4-5,7-8H,6,9-15H2,1-3H3,(H,24,31). The number of amides is 5. The Hall–Kier alpha value is -3.10. The van der Waals surface area contributed by atoms with Crippen molar-refractivity contribution in [2.45, 2.75) is 57.7 Å². The predicted molar refractivity (Wildman–Crippen MR) is 116 cm³/mol. The Morgan fingerprint density at radius 2 is 1.84 bits per heavy atom. The highest BCUT2D eigenvalue weighted by atomic mass is 16.5. The van der Waals surface area contributed by atoms with E-state index >= 15 is 0 Å². The van der Waals surface area contributed by atoms with Crippen LogP contribution in [-0.2, 0) is 20.9 Å². The molecule has 4 rings (SSSR count). The Morgan fingerprint density at radius 1 is 1.12 bits per heavy atom. The number of hydrogen-bond donors (Lipinski definition) is 1. The summed E-state index contributed by atoms with van der Waals surface area (Å²) in [6.07, 6.45) is 1.53. The lowest BCUT2D eigenvalue weighted by molar-refractivity contribution is -0.140. The maximum Gasteiger partial charge on any atom is 0.325 e. The summed E-state index contributed by atoms with van der Waals surface area (Å²) >= 11 is 0. The SMILES string of the molecule is CC(=O)N1Cc2ccccc2OC2(CCCN(C(=O)CCN3C(=O)NC(C)(C)C3=O)C2)C1. The Morgan fingerprint density at radius 3 is 2.53 bits per heavy atom. The highest BCUT2D eigenvalue weighted by molar-refractivity contribution is 6.06. The average Bonchev–Trinajstić information content (AvgIpc) is 2.86. The second-order valence-electron chi connectivity index (χ2n) is 9.45. The molecule has 0 radical (unpaired) electrons. The van der Waals surface area contributed by atoms with Gasteiger partial charge in [0.2, 0.25) is 11.8 Å². The van der Waals surface area contributed by atoms with Crippen molar-refractivity contribution in [3.8, 4) is 5.75 Å². The predicted octanol–water partition coefficient (Wildman–Crippen LogP) is 1.51. The van der Waals surface area contributed by atoms with Crippen LogP contribution in [0.15, 0.2) is 24.3 Å². The van der Waals surface area contributed by atoms with Crippen LogP contribution in [-0.4, -0.2) is 75.8 Å². The molecule has 1 aromatic rings. The van der Waals surface area contributed by atoms with E-state index in [1.807, 2.05) is 24.3 Å². The van der Waals surface area contributed by atoms with Gasteiger partial charge in [-0.05, 0) is 32.8 Å². The molecule has 9 nitrogen and oxygen atoms in total. The fourth-order valence-corrected chi connectivity index (χ4v) is 4.74. The number of nitrogens with zero attached hydrogens (tertiary/aromatic N) is 3. The zero-order chi connectivity index (χ0) is 23.1. The first-order chi connectivity index (χ1) is 15.1. The fraction of sp³-hybridized carbons (Fsp3) is 0.565. The van der Waals surface area contributed by atoms with Gasteiger partial charge in [-0.1, -0.05) is 18.2 Å². The van der Waals surface area contributed by atoms with Crippen molar-refractivity contribution in [1.29, 1.82) is 0 Å². The Kier molecular flexibility index (Phi) is 5.60. The smallest absolute Gasteiger partial charge is 0.325 e.